The first-order valence-electron chi connectivity index (χ1n) is 3.41. The number of aromatic nitrogens is 2. The summed E-state index contributed by atoms with van der Waals surface area (Å²) in [5.74, 6) is 0.965. The number of alkyl halides is 1. The summed E-state index contributed by atoms with van der Waals surface area (Å²) >= 11 is 5.93. The summed E-state index contributed by atoms with van der Waals surface area (Å²) in [6.45, 7) is 5.55. The van der Waals surface area contributed by atoms with Crippen molar-refractivity contribution < 1.29 is 0 Å². The quantitative estimate of drug-likeness (QED) is 0.492. The third-order valence-corrected chi connectivity index (χ3v) is 2.15. The van der Waals surface area contributed by atoms with Crippen LogP contribution in [0.15, 0.2) is 18.9 Å². The van der Waals surface area contributed by atoms with E-state index in [4.69, 9.17) is 11.6 Å². The minimum absolute atomic E-state index is 0.138. The van der Waals surface area contributed by atoms with E-state index in [9.17, 15) is 0 Å². The topological polar surface area (TPSA) is 17.8 Å². The Hall–Kier alpha value is -0.760. The molecule has 1 heterocycles. The summed E-state index contributed by atoms with van der Waals surface area (Å²) in [5.41, 5.74) is 0.985. The van der Waals surface area contributed by atoms with Gasteiger partial charge in [0.25, 0.3) is 0 Å². The molecule has 2 nitrogen and oxygen atoms in total. The fourth-order valence-corrected chi connectivity index (χ4v) is 1.10. The minimum Gasteiger partial charge on any atom is -0.334 e. The normalized spacial score (nSPS) is 13.0. The zero-order valence-corrected chi connectivity index (χ0v) is 7.47. The number of hydrogen-bond acceptors (Lipinski definition) is 1. The molecule has 0 aliphatic heterocycles. The lowest BCUT2D eigenvalue weighted by Crippen LogP contribution is -1.98. The van der Waals surface area contributed by atoms with Gasteiger partial charge in [-0.2, -0.15) is 0 Å². The number of rotatable bonds is 2. The summed E-state index contributed by atoms with van der Waals surface area (Å²) in [6.07, 6.45) is 3.46. The Morgan fingerprint density at radius 1 is 1.82 bits per heavy atom. The van der Waals surface area contributed by atoms with Gasteiger partial charge < -0.3 is 4.57 Å². The standard InChI is InChI=1S/C8H11ClN2/c1-4-7(9)8-5-10-6(2)11(8)3/h4-5,7H,1H2,2-3H3. The molecule has 11 heavy (non-hydrogen) atoms. The van der Waals surface area contributed by atoms with Crippen LogP contribution in [0.3, 0.4) is 0 Å². The second kappa shape index (κ2) is 3.09. The first kappa shape index (κ1) is 8.34. The van der Waals surface area contributed by atoms with Crippen molar-refractivity contribution in [2.45, 2.75) is 12.3 Å². The molecule has 0 spiro atoms. The lowest BCUT2D eigenvalue weighted by atomic mass is 10.3. The molecule has 3 heteroatoms. The largest absolute Gasteiger partial charge is 0.334 e. The molecule has 0 bridgehead atoms. The van der Waals surface area contributed by atoms with Gasteiger partial charge in [-0.15, -0.1) is 18.2 Å². The molecule has 60 valence electrons. The Morgan fingerprint density at radius 2 is 2.45 bits per heavy atom. The van der Waals surface area contributed by atoms with Gasteiger partial charge in [0.1, 0.15) is 5.82 Å². The molecule has 0 aromatic carbocycles. The van der Waals surface area contributed by atoms with Crippen molar-refractivity contribution in [3.05, 3.63) is 30.4 Å². The zero-order valence-electron chi connectivity index (χ0n) is 6.71. The number of nitrogens with zero attached hydrogens (tertiary/aromatic N) is 2. The summed E-state index contributed by atoms with van der Waals surface area (Å²) in [5, 5.41) is -0.138. The van der Waals surface area contributed by atoms with E-state index in [0.717, 1.165) is 11.5 Å². The summed E-state index contributed by atoms with van der Waals surface area (Å²) in [6, 6.07) is 0. The molecule has 0 N–H and O–H groups in total. The van der Waals surface area contributed by atoms with Gasteiger partial charge in [-0.05, 0) is 6.92 Å². The summed E-state index contributed by atoms with van der Waals surface area (Å²) in [7, 11) is 1.94. The summed E-state index contributed by atoms with van der Waals surface area (Å²) < 4.78 is 1.96. The number of allylic oxidation sites excluding steroid dienone is 1. The molecule has 0 saturated carbocycles. The highest BCUT2D eigenvalue weighted by molar-refractivity contribution is 6.21. The molecular formula is C8H11ClN2. The van der Waals surface area contributed by atoms with Gasteiger partial charge in [0.05, 0.1) is 17.3 Å². The van der Waals surface area contributed by atoms with E-state index < -0.39 is 0 Å². The zero-order chi connectivity index (χ0) is 8.43. The van der Waals surface area contributed by atoms with Crippen LogP contribution in [0.2, 0.25) is 0 Å². The Labute approximate surface area is 71.5 Å². The highest BCUT2D eigenvalue weighted by atomic mass is 35.5. The number of hydrogen-bond donors (Lipinski definition) is 0. The predicted molar refractivity (Wildman–Crippen MR) is 46.7 cm³/mol. The average Bonchev–Trinajstić information content (AvgIpc) is 2.32. The van der Waals surface area contributed by atoms with Crippen LogP contribution in [0.5, 0.6) is 0 Å². The second-order valence-electron chi connectivity index (χ2n) is 2.43. The Balaban J connectivity index is 3.03. The van der Waals surface area contributed by atoms with Crippen molar-refractivity contribution in [3.63, 3.8) is 0 Å². The molecule has 0 amide bonds. The van der Waals surface area contributed by atoms with Crippen LogP contribution < -0.4 is 0 Å². The first-order valence-corrected chi connectivity index (χ1v) is 3.85. The fourth-order valence-electron chi connectivity index (χ4n) is 0.897. The lowest BCUT2D eigenvalue weighted by molar-refractivity contribution is 0.804. The van der Waals surface area contributed by atoms with Crippen molar-refractivity contribution in [2.24, 2.45) is 7.05 Å². The van der Waals surface area contributed by atoms with E-state index >= 15 is 0 Å². The van der Waals surface area contributed by atoms with Crippen LogP contribution in [-0.4, -0.2) is 9.55 Å². The molecule has 0 aliphatic carbocycles. The number of aryl methyl sites for hydroxylation is 1. The average molecular weight is 171 g/mol. The van der Waals surface area contributed by atoms with Gasteiger partial charge in [-0.3, -0.25) is 0 Å². The van der Waals surface area contributed by atoms with E-state index in [-0.39, 0.29) is 5.38 Å². The maximum atomic E-state index is 5.93. The maximum absolute atomic E-state index is 5.93. The third-order valence-electron chi connectivity index (χ3n) is 1.75. The van der Waals surface area contributed by atoms with Gasteiger partial charge >= 0.3 is 0 Å². The highest BCUT2D eigenvalue weighted by Gasteiger charge is 2.08. The maximum Gasteiger partial charge on any atom is 0.105 e. The predicted octanol–water partition coefficient (Wildman–Crippen LogP) is 2.19. The molecule has 1 unspecified atom stereocenters. The van der Waals surface area contributed by atoms with E-state index in [2.05, 4.69) is 11.6 Å². The van der Waals surface area contributed by atoms with Gasteiger partial charge in [-0.25, -0.2) is 4.98 Å². The molecular weight excluding hydrogens is 160 g/mol. The Bertz CT molecular complexity index is 265. The number of halogens is 1. The molecule has 0 saturated heterocycles. The smallest absolute Gasteiger partial charge is 0.105 e. The molecule has 1 rings (SSSR count). The van der Waals surface area contributed by atoms with Crippen LogP contribution >= 0.6 is 11.6 Å². The van der Waals surface area contributed by atoms with E-state index in [0.29, 0.717) is 0 Å². The van der Waals surface area contributed by atoms with Gasteiger partial charge in [0.15, 0.2) is 0 Å². The third kappa shape index (κ3) is 1.46. The van der Waals surface area contributed by atoms with Crippen molar-refractivity contribution in [1.29, 1.82) is 0 Å². The van der Waals surface area contributed by atoms with E-state index in [1.807, 2.05) is 18.5 Å². The van der Waals surface area contributed by atoms with Gasteiger partial charge in [0, 0.05) is 7.05 Å². The second-order valence-corrected chi connectivity index (χ2v) is 2.90. The Morgan fingerprint density at radius 3 is 2.82 bits per heavy atom. The molecule has 1 aromatic rings. The molecule has 1 aromatic heterocycles. The highest BCUT2D eigenvalue weighted by Crippen LogP contribution is 2.20. The Kier molecular flexibility index (Phi) is 2.35. The first-order chi connectivity index (χ1) is 5.16. The summed E-state index contributed by atoms with van der Waals surface area (Å²) in [4.78, 5) is 4.12. The van der Waals surface area contributed by atoms with Crippen LogP contribution in [0.1, 0.15) is 16.9 Å². The van der Waals surface area contributed by atoms with Crippen molar-refractivity contribution >= 4 is 11.6 Å². The van der Waals surface area contributed by atoms with Crippen LogP contribution in [0.25, 0.3) is 0 Å². The van der Waals surface area contributed by atoms with Crippen molar-refractivity contribution in [2.75, 3.05) is 0 Å². The minimum atomic E-state index is -0.138. The van der Waals surface area contributed by atoms with Gasteiger partial charge in [-0.1, -0.05) is 6.08 Å². The molecule has 0 radical (unpaired) electrons. The molecule has 0 fully saturated rings. The van der Waals surface area contributed by atoms with E-state index in [1.54, 1.807) is 12.3 Å². The van der Waals surface area contributed by atoms with Crippen molar-refractivity contribution in [1.82, 2.24) is 9.55 Å². The number of imidazole rings is 1. The van der Waals surface area contributed by atoms with Gasteiger partial charge in [0.2, 0.25) is 0 Å². The monoisotopic (exact) mass is 170 g/mol. The van der Waals surface area contributed by atoms with Crippen molar-refractivity contribution in [3.8, 4) is 0 Å². The van der Waals surface area contributed by atoms with E-state index in [1.165, 1.54) is 0 Å². The van der Waals surface area contributed by atoms with Crippen LogP contribution in [-0.2, 0) is 7.05 Å². The molecule has 1 atom stereocenters. The van der Waals surface area contributed by atoms with Crippen LogP contribution in [0, 0.1) is 6.92 Å². The van der Waals surface area contributed by atoms with Crippen LogP contribution in [0.4, 0.5) is 0 Å². The fraction of sp³-hybridized carbons (Fsp3) is 0.375. The SMILES string of the molecule is C=CC(Cl)c1cnc(C)n1C. The molecule has 0 aliphatic rings. The lowest BCUT2D eigenvalue weighted by Gasteiger charge is -2.04.